The molecule has 0 aromatic heterocycles. The maximum Gasteiger partial charge on any atom is 0.325 e. The van der Waals surface area contributed by atoms with Crippen molar-refractivity contribution in [3.8, 4) is 0 Å². The number of hydrogen-bond acceptors (Lipinski definition) is 4. The number of nitrogens with one attached hydrogen (secondary N) is 1. The average Bonchev–Trinajstić information content (AvgIpc) is 2.30. The molecule has 98 valence electrons. The summed E-state index contributed by atoms with van der Waals surface area (Å²) in [6, 6.07) is -0.400. The van der Waals surface area contributed by atoms with Crippen LogP contribution in [0.25, 0.3) is 0 Å². The third kappa shape index (κ3) is 7.15. The van der Waals surface area contributed by atoms with E-state index < -0.39 is 18.0 Å². The molecular weight excluding hydrogens is 228 g/mol. The van der Waals surface area contributed by atoms with Crippen LogP contribution in [-0.4, -0.2) is 54.7 Å². The molecule has 0 aliphatic rings. The summed E-state index contributed by atoms with van der Waals surface area (Å²) in [6.07, 6.45) is 0.361. The summed E-state index contributed by atoms with van der Waals surface area (Å²) in [6.45, 7) is 2.26. The van der Waals surface area contributed by atoms with Crippen molar-refractivity contribution in [1.82, 2.24) is 10.2 Å². The molecule has 0 saturated heterocycles. The van der Waals surface area contributed by atoms with Crippen molar-refractivity contribution < 1.29 is 24.2 Å². The average molecular weight is 246 g/mol. The number of esters is 1. The zero-order valence-electron chi connectivity index (χ0n) is 10.1. The molecule has 0 heterocycles. The summed E-state index contributed by atoms with van der Waals surface area (Å²) in [5, 5.41) is 10.9. The lowest BCUT2D eigenvalue weighted by Crippen LogP contribution is -2.43. The summed E-state index contributed by atoms with van der Waals surface area (Å²) >= 11 is 0. The van der Waals surface area contributed by atoms with Crippen molar-refractivity contribution in [3.63, 3.8) is 0 Å². The fourth-order valence-corrected chi connectivity index (χ4v) is 1.09. The van der Waals surface area contributed by atoms with Crippen LogP contribution < -0.4 is 5.32 Å². The van der Waals surface area contributed by atoms with Crippen LogP contribution in [0.5, 0.6) is 0 Å². The number of carboxylic acids is 1. The Hall–Kier alpha value is -1.79. The number of carbonyl (C=O) groups is 3. The minimum absolute atomic E-state index is 0.00338. The van der Waals surface area contributed by atoms with Gasteiger partial charge in [0.15, 0.2) is 0 Å². The Kier molecular flexibility index (Phi) is 7.49. The van der Waals surface area contributed by atoms with Gasteiger partial charge in [0.05, 0.1) is 7.11 Å². The lowest BCUT2D eigenvalue weighted by Gasteiger charge is -2.19. The van der Waals surface area contributed by atoms with Crippen LogP contribution in [0.3, 0.4) is 0 Å². The van der Waals surface area contributed by atoms with E-state index in [0.29, 0.717) is 13.0 Å². The zero-order chi connectivity index (χ0) is 13.3. The first kappa shape index (κ1) is 15.2. The molecule has 7 heteroatoms. The lowest BCUT2D eigenvalue weighted by atomic mass is 10.3. The second-order valence-corrected chi connectivity index (χ2v) is 3.32. The van der Waals surface area contributed by atoms with Gasteiger partial charge in [-0.1, -0.05) is 0 Å². The molecule has 0 fully saturated rings. The molecule has 0 aromatic rings. The van der Waals surface area contributed by atoms with Crippen LogP contribution >= 0.6 is 0 Å². The molecule has 0 saturated carbocycles. The highest BCUT2D eigenvalue weighted by Gasteiger charge is 2.14. The number of ether oxygens (including phenoxy) is 1. The Morgan fingerprint density at radius 1 is 1.35 bits per heavy atom. The van der Waals surface area contributed by atoms with E-state index >= 15 is 0 Å². The summed E-state index contributed by atoms with van der Waals surface area (Å²) in [4.78, 5) is 34.0. The largest absolute Gasteiger partial charge is 0.481 e. The van der Waals surface area contributed by atoms with Crippen molar-refractivity contribution >= 4 is 18.0 Å². The molecule has 0 spiro atoms. The molecule has 0 bridgehead atoms. The van der Waals surface area contributed by atoms with Gasteiger partial charge in [-0.2, -0.15) is 0 Å². The van der Waals surface area contributed by atoms with Crippen molar-refractivity contribution in [2.75, 3.05) is 26.7 Å². The van der Waals surface area contributed by atoms with Crippen LogP contribution in [0.15, 0.2) is 0 Å². The molecule has 0 aliphatic heterocycles. The molecule has 2 N–H and O–H groups in total. The monoisotopic (exact) mass is 246 g/mol. The third-order valence-corrected chi connectivity index (χ3v) is 2.06. The van der Waals surface area contributed by atoms with Gasteiger partial charge in [0.25, 0.3) is 0 Å². The third-order valence-electron chi connectivity index (χ3n) is 2.06. The maximum atomic E-state index is 11.5. The number of nitrogens with zero attached hydrogens (tertiary/aromatic N) is 1. The van der Waals surface area contributed by atoms with Gasteiger partial charge in [-0.25, -0.2) is 4.79 Å². The molecular formula is C10H18N2O5. The summed E-state index contributed by atoms with van der Waals surface area (Å²) < 4.78 is 4.45. The van der Waals surface area contributed by atoms with E-state index in [1.165, 1.54) is 12.0 Å². The SMILES string of the molecule is CCN(CC(=O)OC)C(=O)NCCCC(=O)O. The molecule has 17 heavy (non-hydrogen) atoms. The molecule has 7 nitrogen and oxygen atoms in total. The Morgan fingerprint density at radius 3 is 2.47 bits per heavy atom. The van der Waals surface area contributed by atoms with Crippen molar-refractivity contribution in [2.24, 2.45) is 0 Å². The first-order valence-corrected chi connectivity index (χ1v) is 5.32. The van der Waals surface area contributed by atoms with Crippen LogP contribution in [0, 0.1) is 0 Å². The smallest absolute Gasteiger partial charge is 0.325 e. The molecule has 0 aromatic carbocycles. The molecule has 0 atom stereocenters. The Labute approximate surface area is 99.7 Å². The number of hydrogen-bond donors (Lipinski definition) is 2. The van der Waals surface area contributed by atoms with Gasteiger partial charge in [0.1, 0.15) is 6.54 Å². The lowest BCUT2D eigenvalue weighted by molar-refractivity contribution is -0.141. The van der Waals surface area contributed by atoms with E-state index in [9.17, 15) is 14.4 Å². The summed E-state index contributed by atoms with van der Waals surface area (Å²) in [5.41, 5.74) is 0. The number of urea groups is 1. The molecule has 0 rings (SSSR count). The number of carboxylic acid groups (broad SMARTS) is 1. The van der Waals surface area contributed by atoms with Crippen LogP contribution in [-0.2, 0) is 14.3 Å². The molecule has 2 amide bonds. The van der Waals surface area contributed by atoms with E-state index in [2.05, 4.69) is 10.1 Å². The number of carbonyl (C=O) groups excluding carboxylic acids is 2. The van der Waals surface area contributed by atoms with Crippen LogP contribution in [0.4, 0.5) is 4.79 Å². The van der Waals surface area contributed by atoms with Crippen molar-refractivity contribution in [3.05, 3.63) is 0 Å². The highest BCUT2D eigenvalue weighted by Crippen LogP contribution is 1.92. The fourth-order valence-electron chi connectivity index (χ4n) is 1.09. The second-order valence-electron chi connectivity index (χ2n) is 3.32. The van der Waals surface area contributed by atoms with Gasteiger partial charge in [-0.3, -0.25) is 9.59 Å². The highest BCUT2D eigenvalue weighted by molar-refractivity contribution is 5.80. The van der Waals surface area contributed by atoms with Gasteiger partial charge >= 0.3 is 18.0 Å². The Bertz CT molecular complexity index is 280. The quantitative estimate of drug-likeness (QED) is 0.489. The minimum atomic E-state index is -0.902. The van der Waals surface area contributed by atoms with E-state index in [4.69, 9.17) is 5.11 Å². The molecule has 0 radical (unpaired) electrons. The maximum absolute atomic E-state index is 11.5. The minimum Gasteiger partial charge on any atom is -0.481 e. The number of methoxy groups -OCH3 is 1. The normalized spacial score (nSPS) is 9.53. The molecule has 0 aliphatic carbocycles. The van der Waals surface area contributed by atoms with Crippen molar-refractivity contribution in [1.29, 1.82) is 0 Å². The Balaban J connectivity index is 3.91. The Morgan fingerprint density at radius 2 is 2.00 bits per heavy atom. The number of rotatable bonds is 7. The van der Waals surface area contributed by atoms with Gasteiger partial charge in [-0.15, -0.1) is 0 Å². The first-order valence-electron chi connectivity index (χ1n) is 5.32. The van der Waals surface area contributed by atoms with E-state index in [0.717, 1.165) is 0 Å². The van der Waals surface area contributed by atoms with Gasteiger partial charge in [0.2, 0.25) is 0 Å². The topological polar surface area (TPSA) is 95.9 Å². The van der Waals surface area contributed by atoms with Crippen LogP contribution in [0.2, 0.25) is 0 Å². The van der Waals surface area contributed by atoms with E-state index in [1.807, 2.05) is 0 Å². The van der Waals surface area contributed by atoms with Gasteiger partial charge < -0.3 is 20.1 Å². The number of aliphatic carboxylic acids is 1. The number of amides is 2. The highest BCUT2D eigenvalue weighted by atomic mass is 16.5. The predicted octanol–water partition coefficient (Wildman–Crippen LogP) is 0.0557. The summed E-state index contributed by atoms with van der Waals surface area (Å²) in [7, 11) is 1.25. The first-order chi connectivity index (χ1) is 8.01. The standard InChI is InChI=1S/C10H18N2O5/c1-3-12(7-9(15)17-2)10(16)11-6-4-5-8(13)14/h3-7H2,1-2H3,(H,11,16)(H,13,14). The zero-order valence-corrected chi connectivity index (χ0v) is 10.1. The van der Waals surface area contributed by atoms with Crippen LogP contribution in [0.1, 0.15) is 19.8 Å². The fraction of sp³-hybridized carbons (Fsp3) is 0.700. The van der Waals surface area contributed by atoms with E-state index in [1.54, 1.807) is 6.92 Å². The molecule has 0 unspecified atom stereocenters. The van der Waals surface area contributed by atoms with Crippen molar-refractivity contribution in [2.45, 2.75) is 19.8 Å². The van der Waals surface area contributed by atoms with Gasteiger partial charge in [0, 0.05) is 19.5 Å². The van der Waals surface area contributed by atoms with E-state index in [-0.39, 0.29) is 19.5 Å². The number of likely N-dealkylation sites (N-methyl/N-ethyl adjacent to an activating group) is 1. The predicted molar refractivity (Wildman–Crippen MR) is 59.5 cm³/mol. The summed E-state index contributed by atoms with van der Waals surface area (Å²) in [5.74, 6) is -1.39. The second kappa shape index (κ2) is 8.37. The van der Waals surface area contributed by atoms with Gasteiger partial charge in [-0.05, 0) is 13.3 Å².